The average Bonchev–Trinajstić information content (AvgIpc) is 2.57. The van der Waals surface area contributed by atoms with Crippen molar-refractivity contribution in [3.05, 3.63) is 23.8 Å². The summed E-state index contributed by atoms with van der Waals surface area (Å²) in [6, 6.07) is -0.704. The maximum absolute atomic E-state index is 13.4. The number of alkyl halides is 6. The molecule has 0 amide bonds. The molecule has 0 radical (unpaired) electrons. The number of rotatable bonds is 4. The highest BCUT2D eigenvalue weighted by atomic mass is 19.3. The lowest BCUT2D eigenvalue weighted by atomic mass is 9.76. The van der Waals surface area contributed by atoms with Gasteiger partial charge in [-0.2, -0.15) is 0 Å². The van der Waals surface area contributed by atoms with E-state index in [-0.39, 0.29) is 17.5 Å². The molecule has 1 aliphatic heterocycles. The highest BCUT2D eigenvalue weighted by Gasteiger charge is 2.55. The minimum absolute atomic E-state index is 0.0579. The van der Waals surface area contributed by atoms with Crippen LogP contribution in [0.3, 0.4) is 0 Å². The van der Waals surface area contributed by atoms with Crippen LogP contribution in [-0.2, 0) is 0 Å². The second-order valence-electron chi connectivity index (χ2n) is 7.52. The number of hydrogen-bond acceptors (Lipinski definition) is 5. The summed E-state index contributed by atoms with van der Waals surface area (Å²) in [4.78, 5) is 15.7. The minimum atomic E-state index is -2.89. The molecule has 3 aliphatic rings. The number of aromatic nitrogens is 2. The zero-order valence-electron chi connectivity index (χ0n) is 14.8. The highest BCUT2D eigenvalue weighted by Crippen LogP contribution is 2.47. The summed E-state index contributed by atoms with van der Waals surface area (Å²) in [6.07, 6.45) is -2.87. The summed E-state index contributed by atoms with van der Waals surface area (Å²) in [6.45, 7) is 0. The Labute approximate surface area is 160 Å². The zero-order chi connectivity index (χ0) is 21.0. The molecule has 2 heterocycles. The van der Waals surface area contributed by atoms with Crippen molar-refractivity contribution in [3.8, 4) is 0 Å². The first kappa shape index (κ1) is 19.9. The largest absolute Gasteiger partial charge is 0.319 e. The van der Waals surface area contributed by atoms with Crippen LogP contribution in [0.1, 0.15) is 43.5 Å². The van der Waals surface area contributed by atoms with Gasteiger partial charge in [-0.25, -0.2) is 41.3 Å². The van der Waals surface area contributed by atoms with E-state index in [0.29, 0.717) is 0 Å². The Morgan fingerprint density at radius 1 is 1.07 bits per heavy atom. The summed E-state index contributed by atoms with van der Waals surface area (Å²) in [5.74, 6) is -8.38. The van der Waals surface area contributed by atoms with E-state index in [2.05, 4.69) is 30.6 Å². The summed E-state index contributed by atoms with van der Waals surface area (Å²) < 4.78 is 78.8. The van der Waals surface area contributed by atoms with Crippen molar-refractivity contribution in [2.75, 3.05) is 0 Å². The number of guanidine groups is 1. The maximum atomic E-state index is 13.4. The van der Waals surface area contributed by atoms with Gasteiger partial charge in [0.25, 0.3) is 12.3 Å². The maximum Gasteiger partial charge on any atom is 0.281 e. The van der Waals surface area contributed by atoms with Gasteiger partial charge in [-0.3, -0.25) is 10.7 Å². The predicted molar refractivity (Wildman–Crippen MR) is 89.8 cm³/mol. The Kier molecular flexibility index (Phi) is 4.48. The number of nitrogens with one attached hydrogen (secondary N) is 2. The van der Waals surface area contributed by atoms with Crippen molar-refractivity contribution in [1.29, 1.82) is 0 Å². The second kappa shape index (κ2) is 6.54. The van der Waals surface area contributed by atoms with Gasteiger partial charge in [0, 0.05) is 31.6 Å². The van der Waals surface area contributed by atoms with Crippen LogP contribution in [0, 0.1) is 5.92 Å². The van der Waals surface area contributed by atoms with E-state index in [1.165, 1.54) is 0 Å². The molecule has 4 N–H and O–H groups in total. The third-order valence-corrected chi connectivity index (χ3v) is 5.06. The lowest BCUT2D eigenvalue weighted by molar-refractivity contribution is -0.132. The fourth-order valence-electron chi connectivity index (χ4n) is 3.43. The van der Waals surface area contributed by atoms with Crippen LogP contribution in [0.2, 0.25) is 0 Å². The van der Waals surface area contributed by atoms with Crippen LogP contribution in [0.5, 0.6) is 0 Å². The van der Waals surface area contributed by atoms with Crippen LogP contribution in [-0.4, -0.2) is 45.4 Å². The van der Waals surface area contributed by atoms with Gasteiger partial charge in [-0.05, 0) is 0 Å². The third-order valence-electron chi connectivity index (χ3n) is 5.06. The van der Waals surface area contributed by atoms with E-state index < -0.39 is 67.4 Å². The number of aliphatic imine (C=N–C) groups is 2. The van der Waals surface area contributed by atoms with Crippen LogP contribution < -0.4 is 16.4 Å². The monoisotopic (exact) mass is 421 g/mol. The molecular weight excluding hydrogens is 404 g/mol. The zero-order valence-corrected chi connectivity index (χ0v) is 14.8. The minimum Gasteiger partial charge on any atom is -0.319 e. The van der Waals surface area contributed by atoms with Crippen molar-refractivity contribution in [2.45, 2.75) is 55.8 Å². The molecule has 4 rings (SSSR count). The van der Waals surface area contributed by atoms with E-state index in [0.717, 1.165) is 12.4 Å². The SMILES string of the molecule is NC1(C2CC(F)(F)C2)N=C(c2cncc(C(F)F)n2)NC(=NC2CC(F)(F)C2)N1. The van der Waals surface area contributed by atoms with Gasteiger partial charge in [0.2, 0.25) is 5.92 Å². The Balaban J connectivity index is 1.65. The van der Waals surface area contributed by atoms with Crippen molar-refractivity contribution in [2.24, 2.45) is 21.6 Å². The summed E-state index contributed by atoms with van der Waals surface area (Å²) in [5, 5.41) is 5.36. The number of halogens is 6. The van der Waals surface area contributed by atoms with Gasteiger partial charge >= 0.3 is 0 Å². The topological polar surface area (TPSA) is 101 Å². The first-order valence-electron chi connectivity index (χ1n) is 8.83. The molecule has 2 saturated carbocycles. The van der Waals surface area contributed by atoms with E-state index in [1.54, 1.807) is 0 Å². The molecule has 1 aromatic rings. The van der Waals surface area contributed by atoms with Crippen LogP contribution in [0.4, 0.5) is 26.3 Å². The van der Waals surface area contributed by atoms with E-state index in [4.69, 9.17) is 5.73 Å². The van der Waals surface area contributed by atoms with Gasteiger partial charge in [-0.15, -0.1) is 0 Å². The molecule has 1 atom stereocenters. The Bertz CT molecular complexity index is 857. The quantitative estimate of drug-likeness (QED) is 0.647. The van der Waals surface area contributed by atoms with Crippen molar-refractivity contribution in [3.63, 3.8) is 0 Å². The van der Waals surface area contributed by atoms with Gasteiger partial charge in [0.15, 0.2) is 17.6 Å². The molecule has 158 valence electrons. The Hall–Kier alpha value is -2.44. The molecule has 0 spiro atoms. The second-order valence-corrected chi connectivity index (χ2v) is 7.52. The Morgan fingerprint density at radius 2 is 1.72 bits per heavy atom. The number of nitrogens with two attached hydrogens (primary N) is 1. The number of amidine groups is 1. The van der Waals surface area contributed by atoms with Crippen LogP contribution in [0.25, 0.3) is 0 Å². The van der Waals surface area contributed by atoms with Crippen molar-refractivity contribution in [1.82, 2.24) is 20.6 Å². The normalized spacial score (nSPS) is 30.2. The van der Waals surface area contributed by atoms with E-state index in [1.807, 2.05) is 0 Å². The summed E-state index contributed by atoms with van der Waals surface area (Å²) in [7, 11) is 0. The molecule has 0 saturated heterocycles. The van der Waals surface area contributed by atoms with Crippen LogP contribution in [0.15, 0.2) is 22.4 Å². The van der Waals surface area contributed by atoms with Crippen molar-refractivity contribution >= 4 is 11.8 Å². The van der Waals surface area contributed by atoms with Crippen molar-refractivity contribution < 1.29 is 26.3 Å². The first-order chi connectivity index (χ1) is 13.4. The number of nitrogens with zero attached hydrogens (tertiary/aromatic N) is 4. The third kappa shape index (κ3) is 4.00. The van der Waals surface area contributed by atoms with E-state index in [9.17, 15) is 26.3 Å². The molecule has 7 nitrogen and oxygen atoms in total. The number of hydrogen-bond donors (Lipinski definition) is 3. The molecule has 1 unspecified atom stereocenters. The fourth-order valence-corrected chi connectivity index (χ4v) is 3.43. The fraction of sp³-hybridized carbons (Fsp3) is 0.625. The van der Waals surface area contributed by atoms with Gasteiger partial charge in [0.05, 0.1) is 18.4 Å². The average molecular weight is 421 g/mol. The lowest BCUT2D eigenvalue weighted by Crippen LogP contribution is -2.70. The molecule has 2 fully saturated rings. The molecule has 13 heteroatoms. The van der Waals surface area contributed by atoms with Gasteiger partial charge in [0.1, 0.15) is 11.4 Å². The highest BCUT2D eigenvalue weighted by molar-refractivity contribution is 6.09. The first-order valence-corrected chi connectivity index (χ1v) is 8.83. The molecule has 1 aromatic heterocycles. The standard InChI is InChI=1S/C16H17F6N7/c17-11(18)9-5-24-6-10(26-9)12-27-13(25-8-3-15(21,22)4-8)29-16(23,28-12)7-1-14(19,20)2-7/h5-8,11H,1-4,23H2,(H2,25,27,28,29). The summed E-state index contributed by atoms with van der Waals surface area (Å²) in [5.41, 5.74) is 5.48. The summed E-state index contributed by atoms with van der Waals surface area (Å²) >= 11 is 0. The predicted octanol–water partition coefficient (Wildman–Crippen LogP) is 2.17. The molecule has 2 aliphatic carbocycles. The van der Waals surface area contributed by atoms with Gasteiger partial charge < -0.3 is 10.6 Å². The van der Waals surface area contributed by atoms with Gasteiger partial charge in [-0.1, -0.05) is 0 Å². The molecule has 29 heavy (non-hydrogen) atoms. The van der Waals surface area contributed by atoms with E-state index >= 15 is 0 Å². The Morgan fingerprint density at radius 3 is 2.31 bits per heavy atom. The van der Waals surface area contributed by atoms with Crippen LogP contribution >= 0.6 is 0 Å². The lowest BCUT2D eigenvalue weighted by Gasteiger charge is -2.46. The molecule has 0 bridgehead atoms. The molecular formula is C16H17F6N7. The smallest absolute Gasteiger partial charge is 0.281 e. The molecule has 0 aromatic carbocycles.